The first-order valence-electron chi connectivity index (χ1n) is 9.51. The van der Waals surface area contributed by atoms with Gasteiger partial charge >= 0.3 is 0 Å². The molecule has 2 aromatic carbocycles. The highest BCUT2D eigenvalue weighted by molar-refractivity contribution is 6.05. The first-order chi connectivity index (χ1) is 14.8. The van der Waals surface area contributed by atoms with Crippen LogP contribution in [0.1, 0.15) is 16.1 Å². The Hall–Kier alpha value is -4.19. The number of carbonyl (C=O) groups is 1. The molecule has 0 radical (unpaired) electrons. The first kappa shape index (κ1) is 19.1. The monoisotopic (exact) mass is 396 g/mol. The summed E-state index contributed by atoms with van der Waals surface area (Å²) >= 11 is 0. The van der Waals surface area contributed by atoms with Gasteiger partial charge in [0.2, 0.25) is 0 Å². The zero-order chi connectivity index (χ0) is 20.6. The molecule has 0 aliphatic rings. The fraction of sp³-hybridized carbons (Fsp3) is 0.0417. The van der Waals surface area contributed by atoms with Crippen molar-refractivity contribution in [3.63, 3.8) is 0 Å². The lowest BCUT2D eigenvalue weighted by Crippen LogP contribution is -2.13. The van der Waals surface area contributed by atoms with E-state index >= 15 is 0 Å². The van der Waals surface area contributed by atoms with Crippen molar-refractivity contribution in [2.24, 2.45) is 0 Å². The van der Waals surface area contributed by atoms with Crippen molar-refractivity contribution >= 4 is 17.4 Å². The largest absolute Gasteiger partial charge is 0.455 e. The smallest absolute Gasteiger partial charge is 0.255 e. The average Bonchev–Trinajstić information content (AvgIpc) is 2.80. The minimum atomic E-state index is -0.248. The predicted molar refractivity (Wildman–Crippen MR) is 117 cm³/mol. The number of rotatable bonds is 7. The summed E-state index contributed by atoms with van der Waals surface area (Å²) in [6.07, 6.45) is 3.34. The van der Waals surface area contributed by atoms with Crippen LogP contribution < -0.4 is 15.4 Å². The third-order valence-corrected chi connectivity index (χ3v) is 4.31. The van der Waals surface area contributed by atoms with E-state index < -0.39 is 0 Å². The van der Waals surface area contributed by atoms with E-state index in [4.69, 9.17) is 4.74 Å². The number of amides is 1. The van der Waals surface area contributed by atoms with E-state index in [-0.39, 0.29) is 5.91 Å². The van der Waals surface area contributed by atoms with Crippen molar-refractivity contribution in [2.45, 2.75) is 6.54 Å². The highest BCUT2D eigenvalue weighted by Gasteiger charge is 2.11. The topological polar surface area (TPSA) is 76.1 Å². The number of anilines is 2. The maximum Gasteiger partial charge on any atom is 0.255 e. The highest BCUT2D eigenvalue weighted by Crippen LogP contribution is 2.29. The average molecular weight is 396 g/mol. The molecule has 1 amide bonds. The van der Waals surface area contributed by atoms with E-state index in [1.165, 1.54) is 0 Å². The molecule has 4 rings (SSSR count). The molecule has 2 aromatic heterocycles. The number of aromatic nitrogens is 2. The number of ether oxygens (including phenoxy) is 1. The number of hydrogen-bond donors (Lipinski definition) is 2. The molecular formula is C24H20N4O2. The van der Waals surface area contributed by atoms with Gasteiger partial charge in [0, 0.05) is 18.0 Å². The van der Waals surface area contributed by atoms with Crippen LogP contribution in [0, 0.1) is 0 Å². The van der Waals surface area contributed by atoms with Crippen molar-refractivity contribution in [2.75, 3.05) is 10.6 Å². The molecule has 2 heterocycles. The van der Waals surface area contributed by atoms with Crippen molar-refractivity contribution in [3.05, 3.63) is 109 Å². The summed E-state index contributed by atoms with van der Waals surface area (Å²) in [5.41, 5.74) is 1.97. The second-order valence-corrected chi connectivity index (χ2v) is 6.47. The van der Waals surface area contributed by atoms with Crippen LogP contribution in [0.4, 0.5) is 11.5 Å². The number of para-hydroxylation sites is 3. The number of carbonyl (C=O) groups excluding carboxylic acids is 1. The Morgan fingerprint density at radius 2 is 1.63 bits per heavy atom. The molecule has 6 nitrogen and oxygen atoms in total. The van der Waals surface area contributed by atoms with Gasteiger partial charge < -0.3 is 15.4 Å². The van der Waals surface area contributed by atoms with Gasteiger partial charge in [0.15, 0.2) is 5.75 Å². The molecular weight excluding hydrogens is 376 g/mol. The van der Waals surface area contributed by atoms with Crippen LogP contribution >= 0.6 is 0 Å². The number of hydrogen-bond acceptors (Lipinski definition) is 5. The van der Waals surface area contributed by atoms with Crippen LogP contribution in [0.5, 0.6) is 11.5 Å². The molecule has 0 fully saturated rings. The van der Waals surface area contributed by atoms with Gasteiger partial charge in [-0.15, -0.1) is 0 Å². The van der Waals surface area contributed by atoms with Crippen LogP contribution in [0.3, 0.4) is 0 Å². The van der Waals surface area contributed by atoms with Gasteiger partial charge in [0.25, 0.3) is 5.91 Å². The Morgan fingerprint density at radius 1 is 0.833 bits per heavy atom. The quantitative estimate of drug-likeness (QED) is 0.453. The summed E-state index contributed by atoms with van der Waals surface area (Å²) in [7, 11) is 0. The normalized spacial score (nSPS) is 10.3. The molecule has 0 aliphatic carbocycles. The predicted octanol–water partition coefficient (Wildman–Crippen LogP) is 5.13. The molecule has 30 heavy (non-hydrogen) atoms. The first-order valence-corrected chi connectivity index (χ1v) is 9.51. The number of nitrogens with one attached hydrogen (secondary N) is 2. The fourth-order valence-corrected chi connectivity index (χ4v) is 2.82. The van der Waals surface area contributed by atoms with Gasteiger partial charge in [-0.25, -0.2) is 4.98 Å². The number of pyridine rings is 2. The van der Waals surface area contributed by atoms with Crippen LogP contribution in [0.25, 0.3) is 0 Å². The minimum absolute atomic E-state index is 0.248. The number of nitrogens with zero attached hydrogens (tertiary/aromatic N) is 2. The summed E-state index contributed by atoms with van der Waals surface area (Å²) in [4.78, 5) is 21.4. The molecule has 6 heteroatoms. The summed E-state index contributed by atoms with van der Waals surface area (Å²) in [5, 5.41) is 6.10. The Kier molecular flexibility index (Phi) is 5.96. The molecule has 4 aromatic rings. The van der Waals surface area contributed by atoms with Gasteiger partial charge in [-0.05, 0) is 48.5 Å². The standard InChI is InChI=1S/C24H20N4O2/c29-24(18-13-15-26-23(16-18)27-17-19-8-6-7-14-25-19)28-21-11-4-5-12-22(21)30-20-9-2-1-3-10-20/h1-16H,17H2,(H,26,27)(H,28,29). The zero-order valence-electron chi connectivity index (χ0n) is 16.2. The van der Waals surface area contributed by atoms with E-state index in [2.05, 4.69) is 20.6 Å². The van der Waals surface area contributed by atoms with Crippen LogP contribution in [-0.4, -0.2) is 15.9 Å². The number of benzene rings is 2. The summed E-state index contributed by atoms with van der Waals surface area (Å²) in [5.74, 6) is 1.62. The lowest BCUT2D eigenvalue weighted by molar-refractivity contribution is 0.102. The summed E-state index contributed by atoms with van der Waals surface area (Å²) < 4.78 is 5.91. The molecule has 0 spiro atoms. The van der Waals surface area contributed by atoms with Crippen molar-refractivity contribution < 1.29 is 9.53 Å². The molecule has 0 bridgehead atoms. The Labute approximate surface area is 174 Å². The third kappa shape index (κ3) is 4.99. The zero-order valence-corrected chi connectivity index (χ0v) is 16.2. The maximum atomic E-state index is 12.8. The molecule has 0 atom stereocenters. The molecule has 0 unspecified atom stereocenters. The summed E-state index contributed by atoms with van der Waals surface area (Å²) in [6, 6.07) is 25.9. The van der Waals surface area contributed by atoms with Crippen molar-refractivity contribution in [1.82, 2.24) is 9.97 Å². The van der Waals surface area contributed by atoms with Gasteiger partial charge in [0.1, 0.15) is 11.6 Å². The Balaban J connectivity index is 1.45. The fourth-order valence-electron chi connectivity index (χ4n) is 2.82. The minimum Gasteiger partial charge on any atom is -0.455 e. The lowest BCUT2D eigenvalue weighted by Gasteiger charge is -2.12. The SMILES string of the molecule is O=C(Nc1ccccc1Oc1ccccc1)c1ccnc(NCc2ccccn2)c1. The van der Waals surface area contributed by atoms with E-state index in [0.29, 0.717) is 35.1 Å². The summed E-state index contributed by atoms with van der Waals surface area (Å²) in [6.45, 7) is 0.520. The van der Waals surface area contributed by atoms with Gasteiger partial charge in [0.05, 0.1) is 17.9 Å². The third-order valence-electron chi connectivity index (χ3n) is 4.31. The van der Waals surface area contributed by atoms with Crippen LogP contribution in [-0.2, 0) is 6.54 Å². The molecule has 148 valence electrons. The highest BCUT2D eigenvalue weighted by atomic mass is 16.5. The van der Waals surface area contributed by atoms with Crippen molar-refractivity contribution in [1.29, 1.82) is 0 Å². The van der Waals surface area contributed by atoms with E-state index in [9.17, 15) is 4.79 Å². The van der Waals surface area contributed by atoms with E-state index in [0.717, 1.165) is 5.69 Å². The van der Waals surface area contributed by atoms with Crippen LogP contribution in [0.15, 0.2) is 97.3 Å². The molecule has 0 saturated heterocycles. The second-order valence-electron chi connectivity index (χ2n) is 6.47. The molecule has 0 aliphatic heterocycles. The molecule has 0 saturated carbocycles. The van der Waals surface area contributed by atoms with Crippen LogP contribution in [0.2, 0.25) is 0 Å². The van der Waals surface area contributed by atoms with E-state index in [1.807, 2.05) is 66.7 Å². The van der Waals surface area contributed by atoms with Gasteiger partial charge in [-0.3, -0.25) is 9.78 Å². The lowest BCUT2D eigenvalue weighted by atomic mass is 10.2. The van der Waals surface area contributed by atoms with E-state index in [1.54, 1.807) is 30.6 Å². The molecule has 2 N–H and O–H groups in total. The van der Waals surface area contributed by atoms with Gasteiger partial charge in [-0.2, -0.15) is 0 Å². The Morgan fingerprint density at radius 3 is 2.47 bits per heavy atom. The second kappa shape index (κ2) is 9.34. The maximum absolute atomic E-state index is 12.8. The Bertz CT molecular complexity index is 1120. The van der Waals surface area contributed by atoms with Gasteiger partial charge in [-0.1, -0.05) is 36.4 Å². The van der Waals surface area contributed by atoms with Crippen molar-refractivity contribution in [3.8, 4) is 11.5 Å².